The topological polar surface area (TPSA) is 29.5 Å². The molecule has 0 aromatic heterocycles. The number of Topliss-reactive ketones (excluding diaryl/α,β-unsaturated/α-hetero) is 1. The molecule has 0 bridgehead atoms. The number of nitrogens with zero attached hydrogens (tertiary/aromatic N) is 1. The summed E-state index contributed by atoms with van der Waals surface area (Å²) in [5.41, 5.74) is 0.828. The Balaban J connectivity index is 1.69. The minimum Gasteiger partial charge on any atom is -0.379 e. The van der Waals surface area contributed by atoms with Crippen molar-refractivity contribution in [3.63, 3.8) is 0 Å². The van der Waals surface area contributed by atoms with Crippen molar-refractivity contribution in [3.8, 4) is 0 Å². The highest BCUT2D eigenvalue weighted by Gasteiger charge is 2.11. The van der Waals surface area contributed by atoms with E-state index >= 15 is 0 Å². The summed E-state index contributed by atoms with van der Waals surface area (Å²) >= 11 is 0. The first-order valence-electron chi connectivity index (χ1n) is 6.24. The van der Waals surface area contributed by atoms with Crippen LogP contribution in [-0.4, -0.2) is 43.5 Å². The van der Waals surface area contributed by atoms with E-state index in [0.29, 0.717) is 6.42 Å². The molecule has 0 N–H and O–H groups in total. The van der Waals surface area contributed by atoms with Crippen LogP contribution < -0.4 is 0 Å². The highest BCUT2D eigenvalue weighted by molar-refractivity contribution is 5.95. The summed E-state index contributed by atoms with van der Waals surface area (Å²) in [6, 6.07) is 9.53. The van der Waals surface area contributed by atoms with Gasteiger partial charge in [-0.25, -0.2) is 0 Å². The van der Waals surface area contributed by atoms with E-state index in [2.05, 4.69) is 4.90 Å². The van der Waals surface area contributed by atoms with Gasteiger partial charge in [0, 0.05) is 25.1 Å². The number of morpholine rings is 1. The van der Waals surface area contributed by atoms with Gasteiger partial charge in [0.05, 0.1) is 13.2 Å². The lowest BCUT2D eigenvalue weighted by Gasteiger charge is -2.26. The molecule has 1 aromatic rings. The van der Waals surface area contributed by atoms with Gasteiger partial charge < -0.3 is 4.74 Å². The van der Waals surface area contributed by atoms with Gasteiger partial charge in [0.1, 0.15) is 0 Å². The Morgan fingerprint density at radius 1 is 1.18 bits per heavy atom. The molecule has 1 aliphatic heterocycles. The first-order valence-corrected chi connectivity index (χ1v) is 6.24. The van der Waals surface area contributed by atoms with E-state index in [0.717, 1.165) is 44.8 Å². The molecule has 1 saturated heterocycles. The number of benzene rings is 1. The Morgan fingerprint density at radius 3 is 2.59 bits per heavy atom. The van der Waals surface area contributed by atoms with E-state index in [1.165, 1.54) is 0 Å². The van der Waals surface area contributed by atoms with Crippen molar-refractivity contribution in [2.45, 2.75) is 12.8 Å². The number of ketones is 1. The zero-order valence-electron chi connectivity index (χ0n) is 10.1. The summed E-state index contributed by atoms with van der Waals surface area (Å²) in [7, 11) is 0. The van der Waals surface area contributed by atoms with E-state index in [1.54, 1.807) is 0 Å². The first-order chi connectivity index (χ1) is 8.36. The normalized spacial score (nSPS) is 16.9. The lowest BCUT2D eigenvalue weighted by atomic mass is 10.1. The minimum atomic E-state index is 0.249. The molecule has 0 unspecified atom stereocenters. The van der Waals surface area contributed by atoms with Crippen molar-refractivity contribution >= 4 is 5.78 Å². The summed E-state index contributed by atoms with van der Waals surface area (Å²) in [5, 5.41) is 0. The van der Waals surface area contributed by atoms with Crippen molar-refractivity contribution in [1.82, 2.24) is 4.90 Å². The molecule has 0 amide bonds. The Morgan fingerprint density at radius 2 is 1.88 bits per heavy atom. The van der Waals surface area contributed by atoms with Crippen LogP contribution in [0.5, 0.6) is 0 Å². The second-order valence-corrected chi connectivity index (χ2v) is 4.35. The maximum Gasteiger partial charge on any atom is 0.162 e. The van der Waals surface area contributed by atoms with Gasteiger partial charge in [-0.1, -0.05) is 30.3 Å². The molecular weight excluding hydrogens is 214 g/mol. The van der Waals surface area contributed by atoms with Gasteiger partial charge in [-0.3, -0.25) is 9.69 Å². The molecule has 0 spiro atoms. The molecule has 3 nitrogen and oxygen atoms in total. The van der Waals surface area contributed by atoms with E-state index < -0.39 is 0 Å². The first kappa shape index (κ1) is 12.3. The van der Waals surface area contributed by atoms with Crippen LogP contribution in [0.3, 0.4) is 0 Å². The highest BCUT2D eigenvalue weighted by Crippen LogP contribution is 2.06. The monoisotopic (exact) mass is 233 g/mol. The standard InChI is InChI=1S/C14H19NO2/c16-14(13-5-2-1-3-6-13)7-4-8-15-9-11-17-12-10-15/h1-3,5-6H,4,7-12H2. The molecule has 1 aliphatic rings. The average Bonchev–Trinajstić information content (AvgIpc) is 2.41. The Bertz CT molecular complexity index is 344. The van der Waals surface area contributed by atoms with Crippen molar-refractivity contribution in [2.24, 2.45) is 0 Å². The number of carbonyl (C=O) groups excluding carboxylic acids is 1. The smallest absolute Gasteiger partial charge is 0.162 e. The molecule has 1 heterocycles. The SMILES string of the molecule is O=C(CCCN1CCOCC1)c1ccccc1. The van der Waals surface area contributed by atoms with Crippen LogP contribution in [0.2, 0.25) is 0 Å². The van der Waals surface area contributed by atoms with Gasteiger partial charge >= 0.3 is 0 Å². The van der Waals surface area contributed by atoms with Gasteiger partial charge in [-0.15, -0.1) is 0 Å². The second-order valence-electron chi connectivity index (χ2n) is 4.35. The fourth-order valence-electron chi connectivity index (χ4n) is 2.06. The summed E-state index contributed by atoms with van der Waals surface area (Å²) in [4.78, 5) is 14.2. The van der Waals surface area contributed by atoms with E-state index in [4.69, 9.17) is 4.74 Å². The molecule has 0 aliphatic carbocycles. The molecule has 1 fully saturated rings. The average molecular weight is 233 g/mol. The van der Waals surface area contributed by atoms with Crippen LogP contribution in [-0.2, 0) is 4.74 Å². The number of carbonyl (C=O) groups is 1. The molecule has 0 radical (unpaired) electrons. The van der Waals surface area contributed by atoms with Crippen LogP contribution >= 0.6 is 0 Å². The highest BCUT2D eigenvalue weighted by atomic mass is 16.5. The van der Waals surface area contributed by atoms with E-state index in [-0.39, 0.29) is 5.78 Å². The Hall–Kier alpha value is -1.19. The Kier molecular flexibility index (Phi) is 4.71. The van der Waals surface area contributed by atoms with Gasteiger partial charge in [0.2, 0.25) is 0 Å². The predicted molar refractivity (Wildman–Crippen MR) is 67.3 cm³/mol. The lowest BCUT2D eigenvalue weighted by Crippen LogP contribution is -2.36. The van der Waals surface area contributed by atoms with Crippen LogP contribution in [0.1, 0.15) is 23.2 Å². The third kappa shape index (κ3) is 3.95. The fraction of sp³-hybridized carbons (Fsp3) is 0.500. The third-order valence-corrected chi connectivity index (χ3v) is 3.08. The second kappa shape index (κ2) is 6.52. The van der Waals surface area contributed by atoms with Gasteiger partial charge in [-0.2, -0.15) is 0 Å². The maximum atomic E-state index is 11.8. The third-order valence-electron chi connectivity index (χ3n) is 3.08. The van der Waals surface area contributed by atoms with Crippen molar-refractivity contribution < 1.29 is 9.53 Å². The molecule has 0 atom stereocenters. The number of hydrogen-bond acceptors (Lipinski definition) is 3. The van der Waals surface area contributed by atoms with Crippen molar-refractivity contribution in [3.05, 3.63) is 35.9 Å². The van der Waals surface area contributed by atoms with Crippen molar-refractivity contribution in [1.29, 1.82) is 0 Å². The van der Waals surface area contributed by atoms with Crippen LogP contribution in [0, 0.1) is 0 Å². The number of ether oxygens (including phenoxy) is 1. The Labute approximate surface area is 102 Å². The predicted octanol–water partition coefficient (Wildman–Crippen LogP) is 1.98. The largest absolute Gasteiger partial charge is 0.379 e. The quantitative estimate of drug-likeness (QED) is 0.728. The molecule has 1 aromatic carbocycles. The summed E-state index contributed by atoms with van der Waals surface area (Å²) in [6.45, 7) is 4.65. The van der Waals surface area contributed by atoms with E-state index in [9.17, 15) is 4.79 Å². The molecule has 92 valence electrons. The molecule has 0 saturated carbocycles. The lowest BCUT2D eigenvalue weighted by molar-refractivity contribution is 0.0371. The summed E-state index contributed by atoms with van der Waals surface area (Å²) in [5.74, 6) is 0.249. The zero-order chi connectivity index (χ0) is 11.9. The van der Waals surface area contributed by atoms with Crippen molar-refractivity contribution in [2.75, 3.05) is 32.8 Å². The van der Waals surface area contributed by atoms with Gasteiger partial charge in [0.25, 0.3) is 0 Å². The number of hydrogen-bond donors (Lipinski definition) is 0. The number of rotatable bonds is 5. The van der Waals surface area contributed by atoms with Crippen LogP contribution in [0.25, 0.3) is 0 Å². The van der Waals surface area contributed by atoms with Crippen LogP contribution in [0.15, 0.2) is 30.3 Å². The zero-order valence-corrected chi connectivity index (χ0v) is 10.1. The summed E-state index contributed by atoms with van der Waals surface area (Å²) in [6.07, 6.45) is 1.58. The maximum absolute atomic E-state index is 11.8. The van der Waals surface area contributed by atoms with Crippen LogP contribution in [0.4, 0.5) is 0 Å². The summed E-state index contributed by atoms with van der Waals surface area (Å²) < 4.78 is 5.29. The molecular formula is C14H19NO2. The van der Waals surface area contributed by atoms with E-state index in [1.807, 2.05) is 30.3 Å². The molecule has 3 heteroatoms. The molecule has 17 heavy (non-hydrogen) atoms. The minimum absolute atomic E-state index is 0.249. The fourth-order valence-corrected chi connectivity index (χ4v) is 2.06. The molecule has 2 rings (SSSR count). The van der Waals surface area contributed by atoms with Gasteiger partial charge in [-0.05, 0) is 13.0 Å². The van der Waals surface area contributed by atoms with Gasteiger partial charge in [0.15, 0.2) is 5.78 Å².